The molecule has 0 saturated carbocycles. The number of rotatable bonds is 7. The second kappa shape index (κ2) is 9.74. The molecule has 7 heteroatoms. The minimum atomic E-state index is -0.339. The lowest BCUT2D eigenvalue weighted by Gasteiger charge is -2.07. The molecule has 1 heterocycles. The summed E-state index contributed by atoms with van der Waals surface area (Å²) in [6, 6.07) is 19.6. The SMILES string of the molecule is N#Cc1ccc(CSCC(=O)Oc2ccc(NC(=O)c3cccs3)cc2)cc1. The van der Waals surface area contributed by atoms with E-state index in [1.165, 1.54) is 23.1 Å². The number of hydrogen-bond acceptors (Lipinski definition) is 6. The summed E-state index contributed by atoms with van der Waals surface area (Å²) in [4.78, 5) is 24.6. The zero-order valence-corrected chi connectivity index (χ0v) is 16.4. The number of thiophene rings is 1. The van der Waals surface area contributed by atoms with Crippen molar-refractivity contribution in [3.63, 3.8) is 0 Å². The first-order chi connectivity index (χ1) is 13.6. The smallest absolute Gasteiger partial charge is 0.321 e. The van der Waals surface area contributed by atoms with Gasteiger partial charge in [-0.05, 0) is 53.4 Å². The van der Waals surface area contributed by atoms with Crippen LogP contribution >= 0.6 is 23.1 Å². The Kier molecular flexibility index (Phi) is 6.84. The standard InChI is InChI=1S/C21H16N2O3S2/c22-12-15-3-5-16(6-4-15)13-27-14-20(24)26-18-9-7-17(8-10-18)23-21(25)19-2-1-11-28-19/h1-11H,13-14H2,(H,23,25). The monoisotopic (exact) mass is 408 g/mol. The minimum Gasteiger partial charge on any atom is -0.426 e. The van der Waals surface area contributed by atoms with E-state index < -0.39 is 0 Å². The van der Waals surface area contributed by atoms with Crippen LogP contribution in [0.5, 0.6) is 5.75 Å². The van der Waals surface area contributed by atoms with Crippen molar-refractivity contribution in [2.45, 2.75) is 5.75 Å². The van der Waals surface area contributed by atoms with E-state index in [4.69, 9.17) is 10.00 Å². The number of amides is 1. The Bertz CT molecular complexity index is 976. The van der Waals surface area contributed by atoms with Crippen LogP contribution in [-0.2, 0) is 10.5 Å². The zero-order valence-electron chi connectivity index (χ0n) is 14.8. The highest BCUT2D eigenvalue weighted by Crippen LogP contribution is 2.19. The first kappa shape index (κ1) is 19.7. The fourth-order valence-corrected chi connectivity index (χ4v) is 3.67. The van der Waals surface area contributed by atoms with Crippen LogP contribution in [0.4, 0.5) is 5.69 Å². The molecule has 3 aromatic rings. The molecular formula is C21H16N2O3S2. The largest absolute Gasteiger partial charge is 0.426 e. The van der Waals surface area contributed by atoms with Crippen molar-refractivity contribution in [1.82, 2.24) is 0 Å². The lowest BCUT2D eigenvalue weighted by molar-refractivity contribution is -0.131. The number of ether oxygens (including phenoxy) is 1. The molecule has 3 rings (SSSR count). The van der Waals surface area contributed by atoms with Gasteiger partial charge in [0.25, 0.3) is 5.91 Å². The van der Waals surface area contributed by atoms with Gasteiger partial charge in [0.2, 0.25) is 0 Å². The summed E-state index contributed by atoms with van der Waals surface area (Å²) >= 11 is 2.82. The summed E-state index contributed by atoms with van der Waals surface area (Å²) in [7, 11) is 0. The normalized spacial score (nSPS) is 10.1. The van der Waals surface area contributed by atoms with Crippen molar-refractivity contribution in [3.05, 3.63) is 82.0 Å². The van der Waals surface area contributed by atoms with Gasteiger partial charge in [-0.15, -0.1) is 23.1 Å². The molecule has 2 aromatic carbocycles. The number of hydrogen-bond donors (Lipinski definition) is 1. The summed E-state index contributed by atoms with van der Waals surface area (Å²) in [5.74, 6) is 0.803. The van der Waals surface area contributed by atoms with Gasteiger partial charge in [-0.3, -0.25) is 9.59 Å². The van der Waals surface area contributed by atoms with Crippen molar-refractivity contribution in [2.75, 3.05) is 11.1 Å². The average molecular weight is 409 g/mol. The lowest BCUT2D eigenvalue weighted by Crippen LogP contribution is -2.12. The van der Waals surface area contributed by atoms with E-state index in [1.54, 1.807) is 42.5 Å². The molecule has 0 radical (unpaired) electrons. The molecule has 0 aliphatic heterocycles. The molecule has 140 valence electrons. The Hall–Kier alpha value is -3.08. The molecule has 0 spiro atoms. The Morgan fingerprint density at radius 2 is 1.82 bits per heavy atom. The summed E-state index contributed by atoms with van der Waals surface area (Å²) in [5.41, 5.74) is 2.29. The maximum atomic E-state index is 12.0. The maximum absolute atomic E-state index is 12.0. The van der Waals surface area contributed by atoms with Crippen LogP contribution < -0.4 is 10.1 Å². The van der Waals surface area contributed by atoms with Crippen molar-refractivity contribution < 1.29 is 14.3 Å². The molecule has 28 heavy (non-hydrogen) atoms. The van der Waals surface area contributed by atoms with Gasteiger partial charge >= 0.3 is 5.97 Å². The van der Waals surface area contributed by atoms with E-state index in [2.05, 4.69) is 11.4 Å². The predicted molar refractivity (Wildman–Crippen MR) is 112 cm³/mol. The minimum absolute atomic E-state index is 0.168. The topological polar surface area (TPSA) is 79.2 Å². The third-order valence-corrected chi connectivity index (χ3v) is 5.51. The van der Waals surface area contributed by atoms with E-state index >= 15 is 0 Å². The number of thioether (sulfide) groups is 1. The van der Waals surface area contributed by atoms with Crippen LogP contribution in [0.15, 0.2) is 66.0 Å². The number of carbonyl (C=O) groups is 2. The molecule has 1 aromatic heterocycles. The first-order valence-electron chi connectivity index (χ1n) is 8.36. The van der Waals surface area contributed by atoms with Crippen molar-refractivity contribution in [1.29, 1.82) is 5.26 Å². The molecule has 0 unspecified atom stereocenters. The van der Waals surface area contributed by atoms with Gasteiger partial charge in [-0.2, -0.15) is 5.26 Å². The molecule has 1 amide bonds. The van der Waals surface area contributed by atoms with E-state index in [-0.39, 0.29) is 17.6 Å². The van der Waals surface area contributed by atoms with Crippen molar-refractivity contribution in [3.8, 4) is 11.8 Å². The van der Waals surface area contributed by atoms with Gasteiger partial charge in [-0.1, -0.05) is 18.2 Å². The van der Waals surface area contributed by atoms with Gasteiger partial charge in [-0.25, -0.2) is 0 Å². The van der Waals surface area contributed by atoms with E-state index in [0.29, 0.717) is 27.6 Å². The molecule has 5 nitrogen and oxygen atoms in total. The fourth-order valence-electron chi connectivity index (χ4n) is 2.30. The molecule has 0 fully saturated rings. The molecule has 0 atom stereocenters. The number of anilines is 1. The molecule has 0 aliphatic rings. The number of carbonyl (C=O) groups excluding carboxylic acids is 2. The predicted octanol–water partition coefficient (Wildman–Crippen LogP) is 4.71. The number of nitrogens with zero attached hydrogens (tertiary/aromatic N) is 1. The number of nitriles is 1. The average Bonchev–Trinajstić information content (AvgIpc) is 3.25. The number of benzene rings is 2. The van der Waals surface area contributed by atoms with Crippen molar-refractivity contribution >= 4 is 40.7 Å². The summed E-state index contributed by atoms with van der Waals surface area (Å²) in [6.07, 6.45) is 0. The Labute approximate surface area is 171 Å². The highest BCUT2D eigenvalue weighted by molar-refractivity contribution is 7.99. The van der Waals surface area contributed by atoms with Crippen LogP contribution in [-0.4, -0.2) is 17.6 Å². The number of nitrogens with one attached hydrogen (secondary N) is 1. The van der Waals surface area contributed by atoms with Crippen LogP contribution in [0, 0.1) is 11.3 Å². The van der Waals surface area contributed by atoms with Crippen LogP contribution in [0.1, 0.15) is 20.8 Å². The molecule has 0 saturated heterocycles. The third-order valence-electron chi connectivity index (χ3n) is 3.66. The Morgan fingerprint density at radius 1 is 1.07 bits per heavy atom. The third kappa shape index (κ3) is 5.71. The van der Waals surface area contributed by atoms with E-state index in [0.717, 1.165) is 5.56 Å². The van der Waals surface area contributed by atoms with Crippen LogP contribution in [0.2, 0.25) is 0 Å². The second-order valence-electron chi connectivity index (χ2n) is 5.73. The number of esters is 1. The highest BCUT2D eigenvalue weighted by atomic mass is 32.2. The molecular weight excluding hydrogens is 392 g/mol. The van der Waals surface area contributed by atoms with Gasteiger partial charge in [0.1, 0.15) is 5.75 Å². The Balaban J connectivity index is 1.43. The highest BCUT2D eigenvalue weighted by Gasteiger charge is 2.08. The molecule has 1 N–H and O–H groups in total. The van der Waals surface area contributed by atoms with Crippen molar-refractivity contribution in [2.24, 2.45) is 0 Å². The van der Waals surface area contributed by atoms with Gasteiger partial charge in [0.05, 0.1) is 22.3 Å². The quantitative estimate of drug-likeness (QED) is 0.452. The van der Waals surface area contributed by atoms with Gasteiger partial charge in [0, 0.05) is 11.4 Å². The second-order valence-corrected chi connectivity index (χ2v) is 7.66. The lowest BCUT2D eigenvalue weighted by atomic mass is 10.2. The Morgan fingerprint density at radius 3 is 2.46 bits per heavy atom. The maximum Gasteiger partial charge on any atom is 0.321 e. The summed E-state index contributed by atoms with van der Waals surface area (Å²) < 4.78 is 5.31. The van der Waals surface area contributed by atoms with Crippen LogP contribution in [0.25, 0.3) is 0 Å². The fraction of sp³-hybridized carbons (Fsp3) is 0.0952. The first-order valence-corrected chi connectivity index (χ1v) is 10.4. The van der Waals surface area contributed by atoms with Crippen LogP contribution in [0.3, 0.4) is 0 Å². The molecule has 0 aliphatic carbocycles. The van der Waals surface area contributed by atoms with Gasteiger partial charge < -0.3 is 10.1 Å². The van der Waals surface area contributed by atoms with Gasteiger partial charge in [0.15, 0.2) is 0 Å². The summed E-state index contributed by atoms with van der Waals surface area (Å²) in [6.45, 7) is 0. The zero-order chi connectivity index (χ0) is 19.8. The summed E-state index contributed by atoms with van der Waals surface area (Å²) in [5, 5.41) is 13.4. The van der Waals surface area contributed by atoms with E-state index in [1.807, 2.05) is 23.6 Å². The molecule has 0 bridgehead atoms. The van der Waals surface area contributed by atoms with E-state index in [9.17, 15) is 9.59 Å².